The van der Waals surface area contributed by atoms with E-state index in [4.69, 9.17) is 28.2 Å². The monoisotopic (exact) mass is 511 g/mol. The number of hydrogen-bond acceptors (Lipinski definition) is 5. The van der Waals surface area contributed by atoms with Crippen LogP contribution in [0.1, 0.15) is 24.0 Å². The van der Waals surface area contributed by atoms with Crippen LogP contribution in [0.15, 0.2) is 83.0 Å². The first-order valence-corrected chi connectivity index (χ1v) is 12.8. The molecule has 0 radical (unpaired) electrons. The molecule has 0 spiro atoms. The lowest BCUT2D eigenvalue weighted by molar-refractivity contribution is 0.951. The van der Waals surface area contributed by atoms with E-state index in [0.29, 0.717) is 10.0 Å². The summed E-state index contributed by atoms with van der Waals surface area (Å²) in [5, 5.41) is 4.50. The van der Waals surface area contributed by atoms with Gasteiger partial charge in [0.15, 0.2) is 0 Å². The number of nitrogens with one attached hydrogen (secondary N) is 1. The van der Waals surface area contributed by atoms with Gasteiger partial charge in [-0.1, -0.05) is 59.6 Å². The summed E-state index contributed by atoms with van der Waals surface area (Å²) in [6.07, 6.45) is 5.83. The quantitative estimate of drug-likeness (QED) is 0.323. The highest BCUT2D eigenvalue weighted by Crippen LogP contribution is 2.41. The van der Waals surface area contributed by atoms with Gasteiger partial charge < -0.3 is 5.32 Å². The third-order valence-corrected chi connectivity index (χ3v) is 7.34. The van der Waals surface area contributed by atoms with Crippen molar-refractivity contribution in [1.82, 2.24) is 15.3 Å². The van der Waals surface area contributed by atoms with E-state index >= 15 is 0 Å². The molecule has 36 heavy (non-hydrogen) atoms. The van der Waals surface area contributed by atoms with Gasteiger partial charge in [-0.05, 0) is 37.1 Å². The number of aromatic nitrogens is 2. The molecule has 5 nitrogen and oxygen atoms in total. The van der Waals surface area contributed by atoms with E-state index in [2.05, 4.69) is 26.4 Å². The molecular formula is C29H23Cl2N5. The van der Waals surface area contributed by atoms with Crippen LogP contribution >= 0.6 is 23.2 Å². The van der Waals surface area contributed by atoms with E-state index in [1.807, 2.05) is 67.0 Å². The van der Waals surface area contributed by atoms with Crippen molar-refractivity contribution in [3.8, 4) is 33.6 Å². The van der Waals surface area contributed by atoms with Gasteiger partial charge in [0.05, 0.1) is 28.0 Å². The van der Waals surface area contributed by atoms with E-state index in [9.17, 15) is 0 Å². The zero-order valence-electron chi connectivity index (χ0n) is 19.5. The maximum absolute atomic E-state index is 6.95. The number of nitrogens with zero attached hydrogens (tertiary/aromatic N) is 4. The fourth-order valence-corrected chi connectivity index (χ4v) is 5.31. The Morgan fingerprint density at radius 3 is 1.75 bits per heavy atom. The molecule has 0 bridgehead atoms. The van der Waals surface area contributed by atoms with Gasteiger partial charge >= 0.3 is 0 Å². The zero-order valence-corrected chi connectivity index (χ0v) is 21.0. The third kappa shape index (κ3) is 4.29. The first-order chi connectivity index (χ1) is 17.7. The van der Waals surface area contributed by atoms with Crippen molar-refractivity contribution >= 4 is 34.7 Å². The molecule has 0 atom stereocenters. The molecule has 2 aliphatic rings. The highest BCUT2D eigenvalue weighted by molar-refractivity contribution is 6.39. The largest absolute Gasteiger partial charge is 0.368 e. The minimum absolute atomic E-state index is 0.607. The molecule has 1 N–H and O–H groups in total. The maximum Gasteiger partial charge on any atom is 0.129 e. The van der Waals surface area contributed by atoms with E-state index in [0.717, 1.165) is 88.8 Å². The van der Waals surface area contributed by atoms with Gasteiger partial charge in [-0.3, -0.25) is 20.0 Å². The number of rotatable bonds is 5. The van der Waals surface area contributed by atoms with Crippen LogP contribution in [0, 0.1) is 0 Å². The molecule has 0 unspecified atom stereocenters. The van der Waals surface area contributed by atoms with Crippen LogP contribution in [0.4, 0.5) is 0 Å². The number of aliphatic imine (C=N–C) groups is 2. The Morgan fingerprint density at radius 2 is 1.25 bits per heavy atom. The Labute approximate surface area is 220 Å². The molecule has 0 aliphatic carbocycles. The van der Waals surface area contributed by atoms with Crippen molar-refractivity contribution in [2.24, 2.45) is 9.98 Å². The van der Waals surface area contributed by atoms with Crippen LogP contribution in [0.5, 0.6) is 0 Å². The zero-order chi connectivity index (χ0) is 24.5. The molecule has 6 rings (SSSR count). The molecule has 2 aromatic heterocycles. The normalized spacial score (nSPS) is 14.9. The summed E-state index contributed by atoms with van der Waals surface area (Å²) in [7, 11) is 0. The summed E-state index contributed by atoms with van der Waals surface area (Å²) >= 11 is 13.9. The molecule has 7 heteroatoms. The SMILES string of the molecule is Clc1c(-c2ccc(C3=NCCC3)cn2)cccc1-c1cccc(-c2ccc(C3=NCCN3)cn2)c1Cl. The smallest absolute Gasteiger partial charge is 0.129 e. The second kappa shape index (κ2) is 9.84. The average molecular weight is 512 g/mol. The molecule has 4 heterocycles. The summed E-state index contributed by atoms with van der Waals surface area (Å²) in [5.41, 5.74) is 8.21. The molecule has 0 saturated heterocycles. The second-order valence-electron chi connectivity index (χ2n) is 8.79. The summed E-state index contributed by atoms with van der Waals surface area (Å²) in [6, 6.07) is 20.0. The highest BCUT2D eigenvalue weighted by atomic mass is 35.5. The van der Waals surface area contributed by atoms with Crippen LogP contribution in [0.3, 0.4) is 0 Å². The van der Waals surface area contributed by atoms with Gasteiger partial charge in [0.25, 0.3) is 0 Å². The van der Waals surface area contributed by atoms with Crippen molar-refractivity contribution in [2.45, 2.75) is 12.8 Å². The van der Waals surface area contributed by atoms with Crippen molar-refractivity contribution in [3.63, 3.8) is 0 Å². The van der Waals surface area contributed by atoms with Gasteiger partial charge in [-0.2, -0.15) is 0 Å². The van der Waals surface area contributed by atoms with Crippen LogP contribution in [-0.2, 0) is 0 Å². The molecule has 0 fully saturated rings. The minimum atomic E-state index is 0.607. The van der Waals surface area contributed by atoms with Crippen molar-refractivity contribution in [2.75, 3.05) is 19.6 Å². The summed E-state index contributed by atoms with van der Waals surface area (Å²) < 4.78 is 0. The first kappa shape index (κ1) is 22.9. The standard InChI is InChI=1S/C29H23Cl2N5/c30-27-20(4-1-6-22(27)25-11-9-18(16-35-25)24-8-3-13-32-24)21-5-2-7-23(28(21)31)26-12-10-19(17-36-26)29-33-14-15-34-29/h1-2,4-7,9-12,16-17H,3,8,13-15H2,(H,33,34). The van der Waals surface area contributed by atoms with E-state index in [-0.39, 0.29) is 0 Å². The Hall–Kier alpha value is -3.54. The predicted octanol–water partition coefficient (Wildman–Crippen LogP) is 6.72. The number of halogens is 2. The van der Waals surface area contributed by atoms with Gasteiger partial charge in [0.1, 0.15) is 5.84 Å². The first-order valence-electron chi connectivity index (χ1n) is 12.0. The van der Waals surface area contributed by atoms with E-state index in [1.165, 1.54) is 0 Å². The van der Waals surface area contributed by atoms with Crippen molar-refractivity contribution in [3.05, 3.63) is 94.2 Å². The fourth-order valence-electron chi connectivity index (χ4n) is 4.66. The number of amidine groups is 1. The number of pyridine rings is 2. The van der Waals surface area contributed by atoms with Crippen molar-refractivity contribution in [1.29, 1.82) is 0 Å². The minimum Gasteiger partial charge on any atom is -0.368 e. The second-order valence-corrected chi connectivity index (χ2v) is 9.54. The van der Waals surface area contributed by atoms with Crippen LogP contribution < -0.4 is 5.32 Å². The predicted molar refractivity (Wildman–Crippen MR) is 148 cm³/mol. The Bertz CT molecular complexity index is 1380. The summed E-state index contributed by atoms with van der Waals surface area (Å²) in [4.78, 5) is 18.4. The Balaban J connectivity index is 1.34. The molecule has 0 amide bonds. The van der Waals surface area contributed by atoms with Gasteiger partial charge in [-0.25, -0.2) is 0 Å². The lowest BCUT2D eigenvalue weighted by atomic mass is 9.98. The van der Waals surface area contributed by atoms with Crippen LogP contribution in [-0.4, -0.2) is 41.1 Å². The van der Waals surface area contributed by atoms with E-state index in [1.54, 1.807) is 0 Å². The summed E-state index contributed by atoms with van der Waals surface area (Å²) in [6.45, 7) is 2.55. The molecule has 178 valence electrons. The molecule has 2 aromatic carbocycles. The topological polar surface area (TPSA) is 62.5 Å². The van der Waals surface area contributed by atoms with E-state index < -0.39 is 0 Å². The average Bonchev–Trinajstić information content (AvgIpc) is 3.65. The number of benzene rings is 2. The molecule has 4 aromatic rings. The highest BCUT2D eigenvalue weighted by Gasteiger charge is 2.17. The Morgan fingerprint density at radius 1 is 0.639 bits per heavy atom. The van der Waals surface area contributed by atoms with Gasteiger partial charge in [-0.15, -0.1) is 0 Å². The van der Waals surface area contributed by atoms with Crippen LogP contribution in [0.2, 0.25) is 10.0 Å². The lowest BCUT2D eigenvalue weighted by Gasteiger charge is -2.14. The molecule has 2 aliphatic heterocycles. The van der Waals surface area contributed by atoms with Gasteiger partial charge in [0.2, 0.25) is 0 Å². The Kier molecular flexibility index (Phi) is 6.26. The molecular weight excluding hydrogens is 489 g/mol. The lowest BCUT2D eigenvalue weighted by Crippen LogP contribution is -2.19. The fraction of sp³-hybridized carbons (Fsp3) is 0.172. The van der Waals surface area contributed by atoms with Crippen molar-refractivity contribution < 1.29 is 0 Å². The van der Waals surface area contributed by atoms with Gasteiger partial charge in [0, 0.05) is 64.6 Å². The maximum atomic E-state index is 6.95. The molecule has 0 saturated carbocycles. The third-order valence-electron chi connectivity index (χ3n) is 6.52. The van der Waals surface area contributed by atoms with Crippen LogP contribution in [0.25, 0.3) is 33.6 Å². The number of hydrogen-bond donors (Lipinski definition) is 1. The summed E-state index contributed by atoms with van der Waals surface area (Å²) in [5.74, 6) is 0.885.